The minimum Gasteiger partial charge on any atom is -0.345 e. The molecule has 0 aromatic heterocycles. The first-order valence-corrected chi connectivity index (χ1v) is 6.75. The molecule has 2 fully saturated rings. The lowest BCUT2D eigenvalue weighted by molar-refractivity contribution is -0.136. The Labute approximate surface area is 120 Å². The molecule has 0 bridgehead atoms. The maximum absolute atomic E-state index is 12.6. The largest absolute Gasteiger partial charge is 0.345 e. The normalized spacial score (nSPS) is 30.5. The van der Waals surface area contributed by atoms with Crippen LogP contribution in [0.15, 0.2) is 30.3 Å². The molecule has 19 heavy (non-hydrogen) atoms. The van der Waals surface area contributed by atoms with Gasteiger partial charge in [0.05, 0.1) is 5.41 Å². The molecule has 4 heteroatoms. The number of hydrogen-bond acceptors (Lipinski definition) is 2. The van der Waals surface area contributed by atoms with E-state index in [2.05, 4.69) is 29.6 Å². The second-order valence-electron chi connectivity index (χ2n) is 5.59. The van der Waals surface area contributed by atoms with Gasteiger partial charge in [0, 0.05) is 26.1 Å². The maximum atomic E-state index is 12.6. The highest BCUT2D eigenvalue weighted by Gasteiger charge is 2.53. The molecule has 0 saturated carbocycles. The fraction of sp³-hybridized carbons (Fsp3) is 0.533. The number of carbonyl (C=O) groups excluding carboxylic acids is 1. The first kappa shape index (κ1) is 14.4. The van der Waals surface area contributed by atoms with E-state index >= 15 is 0 Å². The van der Waals surface area contributed by atoms with Gasteiger partial charge in [-0.3, -0.25) is 4.79 Å². The van der Waals surface area contributed by atoms with E-state index in [1.165, 1.54) is 5.56 Å². The number of rotatable bonds is 1. The van der Waals surface area contributed by atoms with Gasteiger partial charge < -0.3 is 10.2 Å². The van der Waals surface area contributed by atoms with Gasteiger partial charge in [0.2, 0.25) is 5.91 Å². The SMILES string of the molecule is CN1C[C@@H](c2ccccc2)[C@@]2(CCCNC2)C1=O.Cl. The van der Waals surface area contributed by atoms with Crippen LogP contribution in [0.1, 0.15) is 24.3 Å². The number of likely N-dealkylation sites (N-methyl/N-ethyl adjacent to an activating group) is 1. The van der Waals surface area contributed by atoms with Gasteiger partial charge in [-0.2, -0.15) is 0 Å². The van der Waals surface area contributed by atoms with Crippen molar-refractivity contribution in [2.45, 2.75) is 18.8 Å². The van der Waals surface area contributed by atoms with E-state index in [9.17, 15) is 4.79 Å². The Morgan fingerprint density at radius 3 is 2.68 bits per heavy atom. The first-order valence-electron chi connectivity index (χ1n) is 6.75. The third-order valence-corrected chi connectivity index (χ3v) is 4.51. The van der Waals surface area contributed by atoms with E-state index < -0.39 is 0 Å². The summed E-state index contributed by atoms with van der Waals surface area (Å²) in [5, 5.41) is 3.42. The van der Waals surface area contributed by atoms with Gasteiger partial charge in [-0.05, 0) is 24.9 Å². The second-order valence-corrected chi connectivity index (χ2v) is 5.59. The van der Waals surface area contributed by atoms with Crippen molar-refractivity contribution in [3.63, 3.8) is 0 Å². The summed E-state index contributed by atoms with van der Waals surface area (Å²) in [7, 11) is 1.93. The van der Waals surface area contributed by atoms with Gasteiger partial charge in [-0.1, -0.05) is 30.3 Å². The molecule has 2 saturated heterocycles. The van der Waals surface area contributed by atoms with Gasteiger partial charge >= 0.3 is 0 Å². The molecule has 1 amide bonds. The molecule has 3 rings (SSSR count). The quantitative estimate of drug-likeness (QED) is 0.854. The smallest absolute Gasteiger partial charge is 0.230 e. The second kappa shape index (κ2) is 5.51. The molecule has 104 valence electrons. The average Bonchev–Trinajstić information content (AvgIpc) is 2.66. The van der Waals surface area contributed by atoms with Crippen LogP contribution in [0.4, 0.5) is 0 Å². The highest BCUT2D eigenvalue weighted by atomic mass is 35.5. The molecule has 2 atom stereocenters. The van der Waals surface area contributed by atoms with Crippen LogP contribution in [0.5, 0.6) is 0 Å². The van der Waals surface area contributed by atoms with Crippen LogP contribution >= 0.6 is 12.4 Å². The van der Waals surface area contributed by atoms with E-state index in [1.54, 1.807) is 0 Å². The summed E-state index contributed by atoms with van der Waals surface area (Å²) in [6, 6.07) is 10.5. The number of hydrogen-bond donors (Lipinski definition) is 1. The number of benzene rings is 1. The Morgan fingerprint density at radius 2 is 2.05 bits per heavy atom. The molecule has 2 heterocycles. The lowest BCUT2D eigenvalue weighted by Crippen LogP contribution is -2.47. The van der Waals surface area contributed by atoms with Crippen LogP contribution < -0.4 is 5.32 Å². The lowest BCUT2D eigenvalue weighted by Gasteiger charge is -2.36. The Bertz CT molecular complexity index is 443. The van der Waals surface area contributed by atoms with Gasteiger partial charge in [-0.15, -0.1) is 12.4 Å². The van der Waals surface area contributed by atoms with E-state index in [4.69, 9.17) is 0 Å². The lowest BCUT2D eigenvalue weighted by atomic mass is 9.69. The van der Waals surface area contributed by atoms with Crippen LogP contribution in [-0.2, 0) is 4.79 Å². The molecule has 0 radical (unpaired) electrons. The fourth-order valence-electron chi connectivity index (χ4n) is 3.58. The number of halogens is 1. The van der Waals surface area contributed by atoms with Crippen molar-refractivity contribution in [3.8, 4) is 0 Å². The van der Waals surface area contributed by atoms with Crippen molar-refractivity contribution in [3.05, 3.63) is 35.9 Å². The number of nitrogens with zero attached hydrogens (tertiary/aromatic N) is 1. The average molecular weight is 281 g/mol. The molecular weight excluding hydrogens is 260 g/mol. The minimum atomic E-state index is -0.200. The summed E-state index contributed by atoms with van der Waals surface area (Å²) in [6.07, 6.45) is 2.12. The Balaban J connectivity index is 0.00000133. The third kappa shape index (κ3) is 2.26. The number of likely N-dealkylation sites (tertiary alicyclic amines) is 1. The third-order valence-electron chi connectivity index (χ3n) is 4.51. The van der Waals surface area contributed by atoms with Crippen molar-refractivity contribution in [2.24, 2.45) is 5.41 Å². The molecule has 1 aromatic carbocycles. The van der Waals surface area contributed by atoms with Crippen LogP contribution in [0, 0.1) is 5.41 Å². The molecule has 1 N–H and O–H groups in total. The summed E-state index contributed by atoms with van der Waals surface area (Å²) in [4.78, 5) is 14.5. The predicted molar refractivity (Wildman–Crippen MR) is 78.6 cm³/mol. The molecule has 2 aliphatic rings. The zero-order chi connectivity index (χ0) is 12.6. The van der Waals surface area contributed by atoms with E-state index in [0.717, 1.165) is 32.5 Å². The highest BCUT2D eigenvalue weighted by molar-refractivity contribution is 5.87. The minimum absolute atomic E-state index is 0. The van der Waals surface area contributed by atoms with Gasteiger partial charge in [-0.25, -0.2) is 0 Å². The van der Waals surface area contributed by atoms with Crippen molar-refractivity contribution in [1.82, 2.24) is 10.2 Å². The molecule has 0 unspecified atom stereocenters. The number of nitrogens with one attached hydrogen (secondary N) is 1. The van der Waals surface area contributed by atoms with Gasteiger partial charge in [0.25, 0.3) is 0 Å². The Hall–Kier alpha value is -1.06. The van der Waals surface area contributed by atoms with Crippen LogP contribution in [0.25, 0.3) is 0 Å². The van der Waals surface area contributed by atoms with Crippen LogP contribution in [0.2, 0.25) is 0 Å². The zero-order valence-electron chi connectivity index (χ0n) is 11.3. The number of carbonyl (C=O) groups is 1. The Morgan fingerprint density at radius 1 is 1.32 bits per heavy atom. The Kier molecular flexibility index (Phi) is 4.16. The standard InChI is InChI=1S/C15H20N2O.ClH/c1-17-10-13(12-6-3-2-4-7-12)15(14(17)18)8-5-9-16-11-15;/h2-4,6-7,13,16H,5,8-11H2,1H3;1H/t13-,15-;/m0./s1. The maximum Gasteiger partial charge on any atom is 0.230 e. The molecule has 2 aliphatic heterocycles. The summed E-state index contributed by atoms with van der Waals surface area (Å²) < 4.78 is 0. The highest BCUT2D eigenvalue weighted by Crippen LogP contribution is 2.47. The summed E-state index contributed by atoms with van der Waals surface area (Å²) in [5.41, 5.74) is 1.10. The predicted octanol–water partition coefficient (Wildman–Crippen LogP) is 2.03. The summed E-state index contributed by atoms with van der Waals surface area (Å²) in [5.74, 6) is 0.660. The topological polar surface area (TPSA) is 32.3 Å². The molecule has 1 aromatic rings. The molecular formula is C15H21ClN2O. The summed E-state index contributed by atoms with van der Waals surface area (Å²) >= 11 is 0. The first-order chi connectivity index (χ1) is 8.74. The zero-order valence-corrected chi connectivity index (χ0v) is 12.1. The van der Waals surface area contributed by atoms with Crippen LogP contribution in [0.3, 0.4) is 0 Å². The van der Waals surface area contributed by atoms with E-state index in [1.807, 2.05) is 18.0 Å². The fourth-order valence-corrected chi connectivity index (χ4v) is 3.58. The van der Waals surface area contributed by atoms with E-state index in [0.29, 0.717) is 11.8 Å². The number of amides is 1. The van der Waals surface area contributed by atoms with Gasteiger partial charge in [0.15, 0.2) is 0 Å². The van der Waals surface area contributed by atoms with Gasteiger partial charge in [0.1, 0.15) is 0 Å². The molecule has 3 nitrogen and oxygen atoms in total. The molecule has 1 spiro atoms. The van der Waals surface area contributed by atoms with Crippen molar-refractivity contribution >= 4 is 18.3 Å². The van der Waals surface area contributed by atoms with Crippen molar-refractivity contribution in [1.29, 1.82) is 0 Å². The van der Waals surface area contributed by atoms with Crippen LogP contribution in [-0.4, -0.2) is 37.5 Å². The molecule has 0 aliphatic carbocycles. The number of piperidine rings is 1. The monoisotopic (exact) mass is 280 g/mol. The summed E-state index contributed by atoms with van der Waals surface area (Å²) in [6.45, 7) is 2.72. The van der Waals surface area contributed by atoms with Crippen molar-refractivity contribution in [2.75, 3.05) is 26.7 Å². The van der Waals surface area contributed by atoms with Crippen molar-refractivity contribution < 1.29 is 4.79 Å². The van der Waals surface area contributed by atoms with E-state index in [-0.39, 0.29) is 17.8 Å².